The van der Waals surface area contributed by atoms with Gasteiger partial charge in [0.2, 0.25) is 0 Å². The molecule has 1 aliphatic heterocycles. The van der Waals surface area contributed by atoms with Crippen molar-refractivity contribution in [2.75, 3.05) is 11.4 Å². The summed E-state index contributed by atoms with van der Waals surface area (Å²) in [7, 11) is 0. The molecule has 0 saturated carbocycles. The minimum Gasteiger partial charge on any atom is -0.307 e. The molecule has 0 N–H and O–H groups in total. The Morgan fingerprint density at radius 1 is 1.33 bits per heavy atom. The summed E-state index contributed by atoms with van der Waals surface area (Å²) < 4.78 is 0. The van der Waals surface area contributed by atoms with Gasteiger partial charge in [0.05, 0.1) is 10.7 Å². The van der Waals surface area contributed by atoms with Crippen molar-refractivity contribution < 1.29 is 9.59 Å². The lowest BCUT2D eigenvalue weighted by atomic mass is 10.1. The Hall–Kier alpha value is -1.65. The summed E-state index contributed by atoms with van der Waals surface area (Å²) >= 11 is 7.57. The van der Waals surface area contributed by atoms with Crippen molar-refractivity contribution in [3.63, 3.8) is 0 Å². The van der Waals surface area contributed by atoms with Gasteiger partial charge in [-0.25, -0.2) is 0 Å². The number of amides is 1. The van der Waals surface area contributed by atoms with E-state index in [1.54, 1.807) is 11.0 Å². The van der Waals surface area contributed by atoms with Crippen LogP contribution in [0.2, 0.25) is 5.02 Å². The first kappa shape index (κ1) is 14.3. The number of hydrogen-bond donors (Lipinski definition) is 0. The molecular formula is C16H14ClNO2S. The van der Waals surface area contributed by atoms with Crippen molar-refractivity contribution in [2.24, 2.45) is 0 Å². The molecule has 1 aromatic heterocycles. The van der Waals surface area contributed by atoms with E-state index < -0.39 is 0 Å². The second-order valence-corrected chi connectivity index (χ2v) is 6.32. The Balaban J connectivity index is 2.06. The number of rotatable bonds is 1. The van der Waals surface area contributed by atoms with Crippen LogP contribution in [0.1, 0.15) is 38.4 Å². The molecule has 0 aliphatic carbocycles. The molecule has 2 heterocycles. The SMILES string of the molecule is Cc1csc(C(=O)N2CCCC(=O)c3ccccc32)c1Cl. The number of carbonyl (C=O) groups is 2. The number of nitrogens with zero attached hydrogens (tertiary/aromatic N) is 1. The summed E-state index contributed by atoms with van der Waals surface area (Å²) in [6.07, 6.45) is 1.14. The molecule has 0 radical (unpaired) electrons. The van der Waals surface area contributed by atoms with Gasteiger partial charge in [0.1, 0.15) is 4.88 Å². The smallest absolute Gasteiger partial charge is 0.269 e. The normalized spacial score (nSPS) is 14.8. The maximum absolute atomic E-state index is 12.8. The summed E-state index contributed by atoms with van der Waals surface area (Å²) in [5.74, 6) is -0.0328. The number of fused-ring (bicyclic) bond motifs is 1. The lowest BCUT2D eigenvalue weighted by Gasteiger charge is -2.22. The quantitative estimate of drug-likeness (QED) is 0.784. The third-order valence-electron chi connectivity index (χ3n) is 3.62. The Morgan fingerprint density at radius 2 is 2.10 bits per heavy atom. The van der Waals surface area contributed by atoms with E-state index in [0.717, 1.165) is 5.56 Å². The number of para-hydroxylation sites is 1. The van der Waals surface area contributed by atoms with Gasteiger partial charge in [-0.05, 0) is 36.4 Å². The predicted octanol–water partition coefficient (Wildman–Crippen LogP) is 4.33. The van der Waals surface area contributed by atoms with Crippen LogP contribution < -0.4 is 4.90 Å². The molecule has 3 nitrogen and oxygen atoms in total. The van der Waals surface area contributed by atoms with Crippen molar-refractivity contribution in [3.8, 4) is 0 Å². The molecule has 108 valence electrons. The van der Waals surface area contributed by atoms with Crippen LogP contribution in [0.5, 0.6) is 0 Å². The van der Waals surface area contributed by atoms with E-state index in [4.69, 9.17) is 11.6 Å². The number of anilines is 1. The van der Waals surface area contributed by atoms with Crippen LogP contribution >= 0.6 is 22.9 Å². The van der Waals surface area contributed by atoms with Crippen LogP contribution in [0.3, 0.4) is 0 Å². The number of halogens is 1. The zero-order valence-corrected chi connectivity index (χ0v) is 13.1. The highest BCUT2D eigenvalue weighted by Crippen LogP contribution is 2.32. The molecule has 0 bridgehead atoms. The van der Waals surface area contributed by atoms with E-state index in [0.29, 0.717) is 40.5 Å². The molecule has 5 heteroatoms. The van der Waals surface area contributed by atoms with Crippen LogP contribution in [0, 0.1) is 6.92 Å². The molecule has 21 heavy (non-hydrogen) atoms. The van der Waals surface area contributed by atoms with Gasteiger partial charge in [0, 0.05) is 18.5 Å². The Kier molecular flexibility index (Phi) is 3.83. The van der Waals surface area contributed by atoms with Crippen LogP contribution in [-0.2, 0) is 0 Å². The summed E-state index contributed by atoms with van der Waals surface area (Å²) in [5, 5.41) is 2.39. The van der Waals surface area contributed by atoms with Gasteiger partial charge in [0.15, 0.2) is 5.78 Å². The minimum absolute atomic E-state index is 0.0920. The van der Waals surface area contributed by atoms with Crippen molar-refractivity contribution in [1.29, 1.82) is 0 Å². The molecule has 0 atom stereocenters. The van der Waals surface area contributed by atoms with Crippen LogP contribution in [0.15, 0.2) is 29.6 Å². The monoisotopic (exact) mass is 319 g/mol. The first-order valence-corrected chi connectivity index (χ1v) is 8.03. The Labute approximate surface area is 132 Å². The topological polar surface area (TPSA) is 37.4 Å². The summed E-state index contributed by atoms with van der Waals surface area (Å²) in [4.78, 5) is 27.1. The van der Waals surface area contributed by atoms with Crippen molar-refractivity contribution in [1.82, 2.24) is 0 Å². The number of benzene rings is 1. The number of ketones is 1. The first-order chi connectivity index (χ1) is 10.1. The summed E-state index contributed by atoms with van der Waals surface area (Å²) in [5.41, 5.74) is 2.21. The Morgan fingerprint density at radius 3 is 2.81 bits per heavy atom. The second-order valence-electron chi connectivity index (χ2n) is 5.06. The van der Waals surface area contributed by atoms with Gasteiger partial charge in [-0.3, -0.25) is 9.59 Å². The zero-order valence-electron chi connectivity index (χ0n) is 11.6. The fourth-order valence-electron chi connectivity index (χ4n) is 2.51. The summed E-state index contributed by atoms with van der Waals surface area (Å²) in [6.45, 7) is 2.42. The largest absolute Gasteiger partial charge is 0.307 e. The highest BCUT2D eigenvalue weighted by Gasteiger charge is 2.27. The van der Waals surface area contributed by atoms with Gasteiger partial charge in [-0.1, -0.05) is 23.7 Å². The molecule has 1 amide bonds. The molecule has 1 aliphatic rings. The van der Waals surface area contributed by atoms with Crippen molar-refractivity contribution >= 4 is 40.3 Å². The number of hydrogen-bond acceptors (Lipinski definition) is 3. The fourth-order valence-corrected chi connectivity index (χ4v) is 3.73. The highest BCUT2D eigenvalue weighted by atomic mass is 35.5. The minimum atomic E-state index is -0.125. The zero-order chi connectivity index (χ0) is 15.0. The highest BCUT2D eigenvalue weighted by molar-refractivity contribution is 7.13. The third-order valence-corrected chi connectivity index (χ3v) is 5.30. The predicted molar refractivity (Wildman–Crippen MR) is 85.7 cm³/mol. The van der Waals surface area contributed by atoms with Crippen molar-refractivity contribution in [2.45, 2.75) is 19.8 Å². The lowest BCUT2D eigenvalue weighted by molar-refractivity contribution is 0.0975. The average Bonchev–Trinajstić information content (AvgIpc) is 2.73. The van der Waals surface area contributed by atoms with Crippen LogP contribution in [0.4, 0.5) is 5.69 Å². The molecule has 0 saturated heterocycles. The molecular weight excluding hydrogens is 306 g/mol. The van der Waals surface area contributed by atoms with E-state index >= 15 is 0 Å². The average molecular weight is 320 g/mol. The van der Waals surface area contributed by atoms with E-state index in [9.17, 15) is 9.59 Å². The van der Waals surface area contributed by atoms with Crippen molar-refractivity contribution in [3.05, 3.63) is 50.7 Å². The molecule has 1 aromatic carbocycles. The van der Waals surface area contributed by atoms with Gasteiger partial charge in [-0.2, -0.15) is 0 Å². The Bertz CT molecular complexity index is 723. The van der Waals surface area contributed by atoms with Gasteiger partial charge < -0.3 is 4.90 Å². The number of aryl methyl sites for hydroxylation is 1. The van der Waals surface area contributed by atoms with Gasteiger partial charge in [-0.15, -0.1) is 11.3 Å². The number of Topliss-reactive ketones (excluding diaryl/α,β-unsaturated/α-hetero) is 1. The third kappa shape index (κ3) is 2.49. The second kappa shape index (κ2) is 5.62. The molecule has 3 rings (SSSR count). The molecule has 2 aromatic rings. The maximum atomic E-state index is 12.8. The van der Waals surface area contributed by atoms with E-state index in [-0.39, 0.29) is 11.7 Å². The summed E-state index contributed by atoms with van der Waals surface area (Å²) in [6, 6.07) is 7.28. The van der Waals surface area contributed by atoms with Gasteiger partial charge in [0.25, 0.3) is 5.91 Å². The van der Waals surface area contributed by atoms with E-state index in [1.807, 2.05) is 30.5 Å². The lowest BCUT2D eigenvalue weighted by Crippen LogP contribution is -2.31. The van der Waals surface area contributed by atoms with Gasteiger partial charge >= 0.3 is 0 Å². The number of thiophene rings is 1. The number of carbonyl (C=O) groups excluding carboxylic acids is 2. The van der Waals surface area contributed by atoms with E-state index in [2.05, 4.69) is 0 Å². The van der Waals surface area contributed by atoms with Crippen LogP contribution in [0.25, 0.3) is 0 Å². The van der Waals surface area contributed by atoms with Crippen LogP contribution in [-0.4, -0.2) is 18.2 Å². The molecule has 0 fully saturated rings. The first-order valence-electron chi connectivity index (χ1n) is 6.77. The van der Waals surface area contributed by atoms with E-state index in [1.165, 1.54) is 11.3 Å². The fraction of sp³-hybridized carbons (Fsp3) is 0.250. The molecule has 0 spiro atoms. The maximum Gasteiger partial charge on any atom is 0.269 e. The molecule has 0 unspecified atom stereocenters. The standard InChI is InChI=1S/C16H14ClNO2S/c1-10-9-21-15(14(10)17)16(20)18-8-4-7-13(19)11-5-2-3-6-12(11)18/h2-3,5-6,9H,4,7-8H2,1H3.